The van der Waals surface area contributed by atoms with E-state index in [9.17, 15) is 0 Å². The van der Waals surface area contributed by atoms with E-state index in [1.54, 1.807) is 5.57 Å². The Labute approximate surface area is 146 Å². The van der Waals surface area contributed by atoms with Crippen LogP contribution in [0.1, 0.15) is 42.0 Å². The van der Waals surface area contributed by atoms with Crippen molar-refractivity contribution >= 4 is 0 Å². The number of hydrogen-bond acceptors (Lipinski definition) is 1. The molecule has 0 heterocycles. The van der Waals surface area contributed by atoms with E-state index in [4.69, 9.17) is 5.26 Å². The van der Waals surface area contributed by atoms with Crippen LogP contribution >= 0.6 is 0 Å². The number of allylic oxidation sites excluding steroid dienone is 4. The molecular formula is C23H25N. The Balaban J connectivity index is 0.000000185. The minimum atomic E-state index is 0.769. The Bertz CT molecular complexity index is 773. The number of rotatable bonds is 2. The van der Waals surface area contributed by atoms with Crippen LogP contribution in [-0.4, -0.2) is 0 Å². The van der Waals surface area contributed by atoms with Gasteiger partial charge in [-0.3, -0.25) is 0 Å². The van der Waals surface area contributed by atoms with Crippen molar-refractivity contribution in [3.8, 4) is 6.07 Å². The molecule has 1 heteroatoms. The molecule has 1 nitrogen and oxygen atoms in total. The Hall–Kier alpha value is -2.59. The van der Waals surface area contributed by atoms with Gasteiger partial charge in [0.05, 0.1) is 11.6 Å². The van der Waals surface area contributed by atoms with Gasteiger partial charge in [0.2, 0.25) is 0 Å². The molecule has 3 rings (SSSR count). The van der Waals surface area contributed by atoms with Crippen LogP contribution in [-0.2, 0) is 6.42 Å². The average molecular weight is 315 g/mol. The zero-order valence-electron chi connectivity index (χ0n) is 14.8. The third-order valence-corrected chi connectivity index (χ3v) is 4.30. The van der Waals surface area contributed by atoms with E-state index in [1.807, 2.05) is 32.0 Å². The van der Waals surface area contributed by atoms with Gasteiger partial charge in [0.25, 0.3) is 0 Å². The van der Waals surface area contributed by atoms with Gasteiger partial charge >= 0.3 is 0 Å². The lowest BCUT2D eigenvalue weighted by Crippen LogP contribution is -1.96. The molecule has 1 aliphatic carbocycles. The Kier molecular flexibility index (Phi) is 6.58. The molecule has 0 aromatic heterocycles. The molecule has 24 heavy (non-hydrogen) atoms. The first-order valence-corrected chi connectivity index (χ1v) is 8.46. The van der Waals surface area contributed by atoms with Crippen molar-refractivity contribution in [3.63, 3.8) is 0 Å². The first kappa shape index (κ1) is 17.8. The predicted octanol–water partition coefficient (Wildman–Crippen LogP) is 6.07. The second-order valence-corrected chi connectivity index (χ2v) is 6.32. The SMILES string of the molecule is CC1=C(Cc2ccccc2)CCC=C1.Cc1ccc(C#N)c(C)c1. The van der Waals surface area contributed by atoms with Crippen molar-refractivity contribution < 1.29 is 0 Å². The number of aryl methyl sites for hydroxylation is 2. The topological polar surface area (TPSA) is 23.8 Å². The Morgan fingerprint density at radius 2 is 1.75 bits per heavy atom. The highest BCUT2D eigenvalue weighted by molar-refractivity contribution is 5.38. The number of nitrogens with zero attached hydrogens (tertiary/aromatic N) is 1. The first-order chi connectivity index (χ1) is 11.6. The largest absolute Gasteiger partial charge is 0.192 e. The molecule has 2 aromatic rings. The van der Waals surface area contributed by atoms with Gasteiger partial charge in [0.15, 0.2) is 0 Å². The fourth-order valence-corrected chi connectivity index (χ4v) is 2.84. The number of nitriles is 1. The van der Waals surface area contributed by atoms with Crippen LogP contribution in [0.15, 0.2) is 71.8 Å². The van der Waals surface area contributed by atoms with Crippen molar-refractivity contribution in [1.82, 2.24) is 0 Å². The van der Waals surface area contributed by atoms with E-state index in [0.717, 1.165) is 17.5 Å². The molecule has 0 bridgehead atoms. The standard InChI is InChI=1S/C14H16.C9H9N/c1-12-7-5-6-10-14(12)11-13-8-3-2-4-9-13;1-7-3-4-9(6-10)8(2)5-7/h2-5,7-9H,6,10-11H2,1H3;3-5H,1-2H3. The quantitative estimate of drug-likeness (QED) is 0.659. The lowest BCUT2D eigenvalue weighted by atomic mass is 9.93. The van der Waals surface area contributed by atoms with E-state index >= 15 is 0 Å². The van der Waals surface area contributed by atoms with Crippen LogP contribution in [0.25, 0.3) is 0 Å². The summed E-state index contributed by atoms with van der Waals surface area (Å²) in [5.41, 5.74) is 7.51. The van der Waals surface area contributed by atoms with E-state index in [2.05, 4.69) is 55.5 Å². The maximum absolute atomic E-state index is 8.56. The van der Waals surface area contributed by atoms with Crippen molar-refractivity contribution in [2.75, 3.05) is 0 Å². The van der Waals surface area contributed by atoms with Crippen molar-refractivity contribution in [2.24, 2.45) is 0 Å². The van der Waals surface area contributed by atoms with E-state index in [1.165, 1.54) is 29.5 Å². The summed E-state index contributed by atoms with van der Waals surface area (Å²) in [6.07, 6.45) is 8.08. The lowest BCUT2D eigenvalue weighted by molar-refractivity contribution is 0.890. The second kappa shape index (κ2) is 8.89. The maximum Gasteiger partial charge on any atom is 0.0994 e. The van der Waals surface area contributed by atoms with E-state index < -0.39 is 0 Å². The number of benzene rings is 2. The molecule has 0 N–H and O–H groups in total. The van der Waals surface area contributed by atoms with Crippen LogP contribution in [0, 0.1) is 25.2 Å². The summed E-state index contributed by atoms with van der Waals surface area (Å²) in [6.45, 7) is 6.19. The fourth-order valence-electron chi connectivity index (χ4n) is 2.84. The molecule has 0 unspecified atom stereocenters. The normalized spacial score (nSPS) is 13.1. The van der Waals surface area contributed by atoms with Crippen LogP contribution < -0.4 is 0 Å². The molecule has 0 spiro atoms. The summed E-state index contributed by atoms with van der Waals surface area (Å²) in [6, 6.07) is 18.7. The third-order valence-electron chi connectivity index (χ3n) is 4.30. The smallest absolute Gasteiger partial charge is 0.0994 e. The zero-order valence-corrected chi connectivity index (χ0v) is 14.8. The summed E-state index contributed by atoms with van der Waals surface area (Å²) in [5.74, 6) is 0. The highest BCUT2D eigenvalue weighted by Gasteiger charge is 2.05. The van der Waals surface area contributed by atoms with Crippen LogP contribution in [0.5, 0.6) is 0 Å². The van der Waals surface area contributed by atoms with Gasteiger partial charge in [-0.1, -0.05) is 71.3 Å². The van der Waals surface area contributed by atoms with Crippen molar-refractivity contribution in [2.45, 2.75) is 40.0 Å². The summed E-state index contributed by atoms with van der Waals surface area (Å²) in [4.78, 5) is 0. The molecule has 0 amide bonds. The maximum atomic E-state index is 8.56. The average Bonchev–Trinajstić information content (AvgIpc) is 2.59. The second-order valence-electron chi connectivity index (χ2n) is 6.32. The Morgan fingerprint density at radius 1 is 1.00 bits per heavy atom. The minimum absolute atomic E-state index is 0.769. The predicted molar refractivity (Wildman–Crippen MR) is 102 cm³/mol. The molecule has 0 fully saturated rings. The van der Waals surface area contributed by atoms with Crippen molar-refractivity contribution in [3.05, 3.63) is 94.1 Å². The zero-order chi connectivity index (χ0) is 17.4. The third kappa shape index (κ3) is 5.25. The van der Waals surface area contributed by atoms with Gasteiger partial charge in [-0.2, -0.15) is 5.26 Å². The molecule has 2 aromatic carbocycles. The molecule has 0 aliphatic heterocycles. The highest BCUT2D eigenvalue weighted by Crippen LogP contribution is 2.22. The molecule has 0 radical (unpaired) electrons. The molecule has 122 valence electrons. The van der Waals surface area contributed by atoms with Gasteiger partial charge in [-0.15, -0.1) is 0 Å². The van der Waals surface area contributed by atoms with E-state index in [-0.39, 0.29) is 0 Å². The molecule has 0 saturated heterocycles. The minimum Gasteiger partial charge on any atom is -0.192 e. The Morgan fingerprint density at radius 3 is 2.38 bits per heavy atom. The van der Waals surface area contributed by atoms with Gasteiger partial charge in [-0.05, 0) is 57.2 Å². The fraction of sp³-hybridized carbons (Fsp3) is 0.261. The van der Waals surface area contributed by atoms with Gasteiger partial charge in [-0.25, -0.2) is 0 Å². The van der Waals surface area contributed by atoms with E-state index in [0.29, 0.717) is 0 Å². The van der Waals surface area contributed by atoms with Crippen molar-refractivity contribution in [1.29, 1.82) is 5.26 Å². The number of hydrogen-bond donors (Lipinski definition) is 0. The monoisotopic (exact) mass is 315 g/mol. The molecular weight excluding hydrogens is 290 g/mol. The molecule has 0 atom stereocenters. The summed E-state index contributed by atoms with van der Waals surface area (Å²) < 4.78 is 0. The molecule has 0 saturated carbocycles. The highest BCUT2D eigenvalue weighted by atomic mass is 14.2. The summed E-state index contributed by atoms with van der Waals surface area (Å²) >= 11 is 0. The van der Waals surface area contributed by atoms with Crippen LogP contribution in [0.2, 0.25) is 0 Å². The van der Waals surface area contributed by atoms with Crippen LogP contribution in [0.4, 0.5) is 0 Å². The summed E-state index contributed by atoms with van der Waals surface area (Å²) in [5, 5.41) is 8.56. The van der Waals surface area contributed by atoms with Gasteiger partial charge in [0, 0.05) is 0 Å². The lowest BCUT2D eigenvalue weighted by Gasteiger charge is -2.13. The summed E-state index contributed by atoms with van der Waals surface area (Å²) in [7, 11) is 0. The van der Waals surface area contributed by atoms with Gasteiger partial charge in [0.1, 0.15) is 0 Å². The molecule has 1 aliphatic rings. The van der Waals surface area contributed by atoms with Gasteiger partial charge < -0.3 is 0 Å². The van der Waals surface area contributed by atoms with Crippen LogP contribution in [0.3, 0.4) is 0 Å². The first-order valence-electron chi connectivity index (χ1n) is 8.46.